The van der Waals surface area contributed by atoms with E-state index >= 15 is 0 Å². The molecule has 0 unspecified atom stereocenters. The first-order chi connectivity index (χ1) is 7.50. The van der Waals surface area contributed by atoms with E-state index < -0.39 is 0 Å². The fourth-order valence-corrected chi connectivity index (χ4v) is 1.86. The number of nitrogens with two attached hydrogens (primary N) is 1. The summed E-state index contributed by atoms with van der Waals surface area (Å²) in [7, 11) is 1.81. The van der Waals surface area contributed by atoms with Crippen molar-refractivity contribution in [2.75, 3.05) is 5.73 Å². The Morgan fingerprint density at radius 1 is 1.25 bits per heavy atom. The number of anilines is 1. The summed E-state index contributed by atoms with van der Waals surface area (Å²) in [5.41, 5.74) is 8.54. The third-order valence-corrected chi connectivity index (χ3v) is 3.27. The van der Waals surface area contributed by atoms with Crippen LogP contribution in [-0.2, 0) is 7.05 Å². The molecule has 2 N–H and O–H groups in total. The first kappa shape index (κ1) is 11.3. The van der Waals surface area contributed by atoms with Gasteiger partial charge in [0.15, 0.2) is 0 Å². The third kappa shape index (κ3) is 1.77. The van der Waals surface area contributed by atoms with E-state index in [0.717, 1.165) is 16.8 Å². The number of aryl methyl sites for hydroxylation is 1. The number of hydrogen-bond acceptors (Lipinski definition) is 2. The zero-order valence-corrected chi connectivity index (χ0v) is 10.5. The highest BCUT2D eigenvalue weighted by atomic mass is 35.5. The normalized spacial score (nSPS) is 10.8. The lowest BCUT2D eigenvalue weighted by molar-refractivity contribution is 0.782. The first-order valence-corrected chi connectivity index (χ1v) is 5.51. The molecule has 2 aromatic rings. The molecule has 3 nitrogen and oxygen atoms in total. The molecule has 0 radical (unpaired) electrons. The highest BCUT2D eigenvalue weighted by Crippen LogP contribution is 2.30. The number of halogens is 2. The summed E-state index contributed by atoms with van der Waals surface area (Å²) < 4.78 is 1.65. The molecule has 0 fully saturated rings. The van der Waals surface area contributed by atoms with Crippen LogP contribution < -0.4 is 5.73 Å². The molecular formula is C11H11Cl2N3. The Bertz CT molecular complexity index is 546. The summed E-state index contributed by atoms with van der Waals surface area (Å²) in [6, 6.07) is 5.42. The number of nitrogen functional groups attached to an aromatic ring is 1. The van der Waals surface area contributed by atoms with E-state index in [4.69, 9.17) is 28.9 Å². The van der Waals surface area contributed by atoms with E-state index in [1.807, 2.05) is 20.0 Å². The molecule has 1 aromatic carbocycles. The Labute approximate surface area is 104 Å². The number of benzene rings is 1. The molecule has 5 heteroatoms. The maximum atomic E-state index is 5.96. The van der Waals surface area contributed by atoms with E-state index in [1.54, 1.807) is 16.8 Å². The monoisotopic (exact) mass is 255 g/mol. The minimum Gasteiger partial charge on any atom is -0.384 e. The molecular weight excluding hydrogens is 245 g/mol. The molecule has 2 rings (SSSR count). The zero-order valence-electron chi connectivity index (χ0n) is 8.96. The van der Waals surface area contributed by atoms with Gasteiger partial charge in [-0.05, 0) is 19.1 Å². The van der Waals surface area contributed by atoms with Gasteiger partial charge in [0.2, 0.25) is 0 Å². The topological polar surface area (TPSA) is 43.8 Å². The Morgan fingerprint density at radius 3 is 2.44 bits per heavy atom. The van der Waals surface area contributed by atoms with Crippen LogP contribution in [0.4, 0.5) is 5.82 Å². The molecule has 0 atom stereocenters. The van der Waals surface area contributed by atoms with Crippen LogP contribution in [0.15, 0.2) is 18.2 Å². The van der Waals surface area contributed by atoms with Crippen LogP contribution in [0.3, 0.4) is 0 Å². The average molecular weight is 256 g/mol. The molecule has 1 heterocycles. The molecule has 84 valence electrons. The van der Waals surface area contributed by atoms with Crippen LogP contribution >= 0.6 is 23.2 Å². The summed E-state index contributed by atoms with van der Waals surface area (Å²) in [4.78, 5) is 0. The van der Waals surface area contributed by atoms with Crippen molar-refractivity contribution in [2.24, 2.45) is 7.05 Å². The number of nitrogens with zero attached hydrogens (tertiary/aromatic N) is 2. The lowest BCUT2D eigenvalue weighted by Crippen LogP contribution is -1.97. The minimum atomic E-state index is 0.516. The first-order valence-electron chi connectivity index (χ1n) is 4.75. The predicted octanol–water partition coefficient (Wildman–Crippen LogP) is 3.28. The van der Waals surface area contributed by atoms with Gasteiger partial charge in [0.05, 0.1) is 15.7 Å². The van der Waals surface area contributed by atoms with Crippen LogP contribution in [0.1, 0.15) is 5.56 Å². The molecule has 0 saturated carbocycles. The quantitative estimate of drug-likeness (QED) is 0.850. The van der Waals surface area contributed by atoms with Gasteiger partial charge >= 0.3 is 0 Å². The van der Waals surface area contributed by atoms with Crippen molar-refractivity contribution in [2.45, 2.75) is 6.92 Å². The second-order valence-corrected chi connectivity index (χ2v) is 4.43. The van der Waals surface area contributed by atoms with Gasteiger partial charge in [0.1, 0.15) is 5.82 Å². The van der Waals surface area contributed by atoms with E-state index in [1.165, 1.54) is 0 Å². The maximum absolute atomic E-state index is 5.96. The van der Waals surface area contributed by atoms with Crippen LogP contribution in [0.2, 0.25) is 10.0 Å². The van der Waals surface area contributed by atoms with Gasteiger partial charge in [-0.3, -0.25) is 4.68 Å². The standard InChI is InChI=1S/C11H11Cl2N3/c1-6-10(15-16(2)11(6)14)7-3-4-8(12)9(13)5-7/h3-5H,14H2,1-2H3. The van der Waals surface area contributed by atoms with Crippen LogP contribution in [0.5, 0.6) is 0 Å². The molecule has 0 saturated heterocycles. The highest BCUT2D eigenvalue weighted by molar-refractivity contribution is 6.42. The van der Waals surface area contributed by atoms with Gasteiger partial charge in [-0.15, -0.1) is 0 Å². The lowest BCUT2D eigenvalue weighted by Gasteiger charge is -2.01. The van der Waals surface area contributed by atoms with E-state index in [9.17, 15) is 0 Å². The summed E-state index contributed by atoms with van der Waals surface area (Å²) in [5, 5.41) is 5.39. The van der Waals surface area contributed by atoms with Crippen LogP contribution in [0, 0.1) is 6.92 Å². The summed E-state index contributed by atoms with van der Waals surface area (Å²) in [5.74, 6) is 0.654. The van der Waals surface area contributed by atoms with Crippen molar-refractivity contribution in [1.82, 2.24) is 9.78 Å². The summed E-state index contributed by atoms with van der Waals surface area (Å²) in [6.07, 6.45) is 0. The molecule has 0 aliphatic rings. The van der Waals surface area contributed by atoms with Crippen molar-refractivity contribution in [1.29, 1.82) is 0 Å². The fourth-order valence-electron chi connectivity index (χ4n) is 1.56. The van der Waals surface area contributed by atoms with Crippen molar-refractivity contribution in [3.05, 3.63) is 33.8 Å². The van der Waals surface area contributed by atoms with Gasteiger partial charge in [-0.2, -0.15) is 5.10 Å². The molecule has 1 aromatic heterocycles. The van der Waals surface area contributed by atoms with Gasteiger partial charge in [-0.25, -0.2) is 0 Å². The van der Waals surface area contributed by atoms with E-state index in [0.29, 0.717) is 15.9 Å². The Morgan fingerprint density at radius 2 is 1.94 bits per heavy atom. The van der Waals surface area contributed by atoms with Crippen LogP contribution in [0.25, 0.3) is 11.3 Å². The highest BCUT2D eigenvalue weighted by Gasteiger charge is 2.12. The largest absolute Gasteiger partial charge is 0.384 e. The lowest BCUT2D eigenvalue weighted by atomic mass is 10.1. The van der Waals surface area contributed by atoms with Crippen molar-refractivity contribution in [3.63, 3.8) is 0 Å². The number of hydrogen-bond donors (Lipinski definition) is 1. The van der Waals surface area contributed by atoms with Crippen molar-refractivity contribution >= 4 is 29.0 Å². The molecule has 0 bridgehead atoms. The number of rotatable bonds is 1. The Hall–Kier alpha value is -1.19. The second-order valence-electron chi connectivity index (χ2n) is 3.61. The van der Waals surface area contributed by atoms with Crippen molar-refractivity contribution in [3.8, 4) is 11.3 Å². The van der Waals surface area contributed by atoms with Gasteiger partial charge in [0.25, 0.3) is 0 Å². The van der Waals surface area contributed by atoms with Gasteiger partial charge in [-0.1, -0.05) is 29.3 Å². The van der Waals surface area contributed by atoms with Gasteiger partial charge in [0, 0.05) is 18.2 Å². The second kappa shape index (κ2) is 4.00. The third-order valence-electron chi connectivity index (χ3n) is 2.53. The van der Waals surface area contributed by atoms with Crippen molar-refractivity contribution < 1.29 is 0 Å². The summed E-state index contributed by atoms with van der Waals surface area (Å²) in [6.45, 7) is 1.93. The molecule has 0 aliphatic heterocycles. The fraction of sp³-hybridized carbons (Fsp3) is 0.182. The smallest absolute Gasteiger partial charge is 0.124 e. The minimum absolute atomic E-state index is 0.516. The van der Waals surface area contributed by atoms with Gasteiger partial charge < -0.3 is 5.73 Å². The summed E-state index contributed by atoms with van der Waals surface area (Å²) >= 11 is 11.8. The van der Waals surface area contributed by atoms with E-state index in [2.05, 4.69) is 5.10 Å². The zero-order chi connectivity index (χ0) is 11.9. The van der Waals surface area contributed by atoms with E-state index in [-0.39, 0.29) is 0 Å². The Kier molecular flexibility index (Phi) is 2.82. The Balaban J connectivity index is 2.59. The SMILES string of the molecule is Cc1c(-c2ccc(Cl)c(Cl)c2)nn(C)c1N. The molecule has 0 amide bonds. The average Bonchev–Trinajstić information content (AvgIpc) is 2.50. The number of aromatic nitrogens is 2. The maximum Gasteiger partial charge on any atom is 0.124 e. The molecule has 16 heavy (non-hydrogen) atoms. The molecule has 0 aliphatic carbocycles. The predicted molar refractivity (Wildman–Crippen MR) is 67.8 cm³/mol. The molecule has 0 spiro atoms. The van der Waals surface area contributed by atoms with Crippen LogP contribution in [-0.4, -0.2) is 9.78 Å².